The average molecular weight is 423 g/mol. The number of carbonyl (C=O) groups excluding carboxylic acids is 1. The summed E-state index contributed by atoms with van der Waals surface area (Å²) in [4.78, 5) is 12.0. The summed E-state index contributed by atoms with van der Waals surface area (Å²) in [6.07, 6.45) is -4.20. The molecule has 0 saturated heterocycles. The van der Waals surface area contributed by atoms with E-state index in [1.165, 1.54) is 13.8 Å². The van der Waals surface area contributed by atoms with E-state index < -0.39 is 75.7 Å². The molecule has 0 spiro atoms. The summed E-state index contributed by atoms with van der Waals surface area (Å²) in [6.45, 7) is 1.58. The number of benzene rings is 1. The Balaban J connectivity index is 2.16. The van der Waals surface area contributed by atoms with Crippen molar-refractivity contribution in [2.45, 2.75) is 26.6 Å². The summed E-state index contributed by atoms with van der Waals surface area (Å²) < 4.78 is 108. The molecule has 150 valence electrons. The lowest BCUT2D eigenvalue weighted by molar-refractivity contribution is -0.147. The first-order chi connectivity index (χ1) is 12.2. The molecular formula is C16H11ClF8O2. The van der Waals surface area contributed by atoms with Crippen LogP contribution in [0.1, 0.15) is 19.4 Å². The van der Waals surface area contributed by atoms with Crippen molar-refractivity contribution in [3.8, 4) is 0 Å². The quantitative estimate of drug-likeness (QED) is 0.282. The normalized spacial score (nSPS) is 22.0. The zero-order chi connectivity index (χ0) is 20.9. The molecule has 0 radical (unpaired) electrons. The number of esters is 1. The number of hydrogen-bond acceptors (Lipinski definition) is 2. The third kappa shape index (κ3) is 3.90. The lowest BCUT2D eigenvalue weighted by atomic mass is 10.1. The second kappa shape index (κ2) is 6.96. The van der Waals surface area contributed by atoms with E-state index in [2.05, 4.69) is 4.74 Å². The highest BCUT2D eigenvalue weighted by atomic mass is 35.5. The Hall–Kier alpha value is -1.84. The molecule has 2 rings (SSSR count). The largest absolute Gasteiger partial charge is 0.460 e. The summed E-state index contributed by atoms with van der Waals surface area (Å²) >= 11 is 5.12. The second-order valence-corrected chi connectivity index (χ2v) is 6.90. The molecule has 0 heterocycles. The van der Waals surface area contributed by atoms with E-state index in [1.807, 2.05) is 0 Å². The third-order valence-electron chi connectivity index (χ3n) is 4.42. The van der Waals surface area contributed by atoms with Gasteiger partial charge in [-0.1, -0.05) is 31.5 Å². The van der Waals surface area contributed by atoms with Gasteiger partial charge >= 0.3 is 12.1 Å². The highest BCUT2D eigenvalue weighted by molar-refractivity contribution is 6.30. The average Bonchev–Trinajstić information content (AvgIpc) is 3.10. The predicted molar refractivity (Wildman–Crippen MR) is 76.8 cm³/mol. The minimum Gasteiger partial charge on any atom is -0.460 e. The van der Waals surface area contributed by atoms with E-state index in [4.69, 9.17) is 11.6 Å². The summed E-state index contributed by atoms with van der Waals surface area (Å²) in [6, 6.07) is 0. The topological polar surface area (TPSA) is 26.3 Å². The Morgan fingerprint density at radius 3 is 1.93 bits per heavy atom. The number of ether oxygens (including phenoxy) is 1. The van der Waals surface area contributed by atoms with Gasteiger partial charge in [0.1, 0.15) is 11.6 Å². The zero-order valence-corrected chi connectivity index (χ0v) is 14.4. The molecule has 0 unspecified atom stereocenters. The van der Waals surface area contributed by atoms with Gasteiger partial charge in [0, 0.05) is 0 Å². The Bertz CT molecular complexity index is 787. The van der Waals surface area contributed by atoms with Crippen LogP contribution in [0.3, 0.4) is 0 Å². The number of carbonyl (C=O) groups is 1. The van der Waals surface area contributed by atoms with Crippen LogP contribution in [0.5, 0.6) is 0 Å². The van der Waals surface area contributed by atoms with E-state index in [0.29, 0.717) is 6.08 Å². The zero-order valence-electron chi connectivity index (χ0n) is 13.7. The first-order valence-electron chi connectivity index (χ1n) is 7.32. The Kier molecular flexibility index (Phi) is 5.53. The van der Waals surface area contributed by atoms with Crippen molar-refractivity contribution in [2.75, 3.05) is 0 Å². The van der Waals surface area contributed by atoms with Crippen LogP contribution in [0.4, 0.5) is 35.1 Å². The maximum absolute atomic E-state index is 13.5. The molecule has 2 nitrogen and oxygen atoms in total. The summed E-state index contributed by atoms with van der Waals surface area (Å²) in [5.74, 6) is -14.4. The van der Waals surface area contributed by atoms with Crippen LogP contribution in [0.15, 0.2) is 11.1 Å². The standard InChI is InChI=1S/C16H11ClF8O2/c1-15(2)6(3-7(17)16(23,24)25)8(15)14(26)27-4-5-9(18)11(20)13(22)12(21)10(5)19/h3,6,8H,4H2,1-2H3/b7-3-/t6-,8-/m1/s1. The Labute approximate surface area is 152 Å². The molecule has 1 fully saturated rings. The number of allylic oxidation sites excluding steroid dienone is 2. The van der Waals surface area contributed by atoms with Crippen LogP contribution >= 0.6 is 11.6 Å². The third-order valence-corrected chi connectivity index (χ3v) is 4.76. The first-order valence-corrected chi connectivity index (χ1v) is 7.70. The van der Waals surface area contributed by atoms with Gasteiger partial charge in [0.25, 0.3) is 0 Å². The number of halogens is 9. The smallest absolute Gasteiger partial charge is 0.426 e. The van der Waals surface area contributed by atoms with E-state index in [0.717, 1.165) is 0 Å². The maximum atomic E-state index is 13.5. The molecule has 1 aliphatic carbocycles. The molecule has 1 aliphatic rings. The van der Waals surface area contributed by atoms with Crippen LogP contribution < -0.4 is 0 Å². The van der Waals surface area contributed by atoms with Gasteiger partial charge in [-0.2, -0.15) is 13.2 Å². The van der Waals surface area contributed by atoms with Crippen LogP contribution in [0.25, 0.3) is 0 Å². The van der Waals surface area contributed by atoms with E-state index in [1.54, 1.807) is 0 Å². The summed E-state index contributed by atoms with van der Waals surface area (Å²) in [5.41, 5.74) is -2.36. The fourth-order valence-corrected chi connectivity index (χ4v) is 2.84. The SMILES string of the molecule is CC1(C)[C@H](/C=C(\Cl)C(F)(F)F)[C@@H]1C(=O)OCc1c(F)c(F)c(F)c(F)c1F. The van der Waals surface area contributed by atoms with Crippen LogP contribution in [-0.2, 0) is 16.1 Å². The van der Waals surface area contributed by atoms with Crippen molar-refractivity contribution >= 4 is 17.6 Å². The summed E-state index contributed by atoms with van der Waals surface area (Å²) in [7, 11) is 0. The number of alkyl halides is 3. The molecule has 1 aromatic rings. The van der Waals surface area contributed by atoms with Crippen molar-refractivity contribution in [1.29, 1.82) is 0 Å². The van der Waals surface area contributed by atoms with Gasteiger partial charge in [-0.05, 0) is 11.3 Å². The van der Waals surface area contributed by atoms with Gasteiger partial charge in [-0.3, -0.25) is 4.79 Å². The van der Waals surface area contributed by atoms with Crippen molar-refractivity contribution in [3.63, 3.8) is 0 Å². The van der Waals surface area contributed by atoms with Gasteiger partial charge in [-0.15, -0.1) is 0 Å². The van der Waals surface area contributed by atoms with Gasteiger partial charge in [0.2, 0.25) is 5.82 Å². The van der Waals surface area contributed by atoms with Crippen molar-refractivity contribution in [2.24, 2.45) is 17.3 Å². The van der Waals surface area contributed by atoms with E-state index in [9.17, 15) is 39.9 Å². The number of rotatable bonds is 4. The van der Waals surface area contributed by atoms with Crippen molar-refractivity contribution in [3.05, 3.63) is 45.8 Å². The Morgan fingerprint density at radius 1 is 1.04 bits per heavy atom. The lowest BCUT2D eigenvalue weighted by Crippen LogP contribution is -2.14. The highest BCUT2D eigenvalue weighted by Crippen LogP contribution is 2.60. The predicted octanol–water partition coefficient (Wildman–Crippen LogP) is 5.38. The lowest BCUT2D eigenvalue weighted by Gasteiger charge is -2.09. The molecule has 0 bridgehead atoms. The molecule has 1 saturated carbocycles. The van der Waals surface area contributed by atoms with Crippen LogP contribution in [0, 0.1) is 46.3 Å². The molecule has 0 amide bonds. The van der Waals surface area contributed by atoms with E-state index in [-0.39, 0.29) is 0 Å². The van der Waals surface area contributed by atoms with Gasteiger partial charge in [0.05, 0.1) is 11.5 Å². The fraction of sp³-hybridized carbons (Fsp3) is 0.438. The summed E-state index contributed by atoms with van der Waals surface area (Å²) in [5, 5.41) is -1.45. The molecule has 0 aliphatic heterocycles. The first kappa shape index (κ1) is 21.5. The molecule has 0 N–H and O–H groups in total. The van der Waals surface area contributed by atoms with Gasteiger partial charge in [0.15, 0.2) is 23.3 Å². The van der Waals surface area contributed by atoms with Crippen molar-refractivity contribution in [1.82, 2.24) is 0 Å². The molecule has 27 heavy (non-hydrogen) atoms. The molecule has 0 aromatic heterocycles. The molecule has 11 heteroatoms. The van der Waals surface area contributed by atoms with E-state index >= 15 is 0 Å². The second-order valence-electron chi connectivity index (χ2n) is 6.49. The maximum Gasteiger partial charge on any atom is 0.426 e. The molecule has 1 aromatic carbocycles. The molecule has 2 atom stereocenters. The Morgan fingerprint density at radius 2 is 1.48 bits per heavy atom. The molecular weight excluding hydrogens is 412 g/mol. The highest BCUT2D eigenvalue weighted by Gasteiger charge is 2.62. The number of hydrogen-bond donors (Lipinski definition) is 0. The minimum atomic E-state index is -4.82. The van der Waals surface area contributed by atoms with Crippen LogP contribution in [0.2, 0.25) is 0 Å². The van der Waals surface area contributed by atoms with Gasteiger partial charge in [-0.25, -0.2) is 22.0 Å². The fourth-order valence-electron chi connectivity index (χ4n) is 2.70. The monoisotopic (exact) mass is 422 g/mol. The minimum absolute atomic E-state index is 0.617. The van der Waals surface area contributed by atoms with Crippen LogP contribution in [-0.4, -0.2) is 12.1 Å². The van der Waals surface area contributed by atoms with Gasteiger partial charge < -0.3 is 4.74 Å². The van der Waals surface area contributed by atoms with Crippen molar-refractivity contribution < 1.29 is 44.7 Å².